The lowest BCUT2D eigenvalue weighted by atomic mass is 10.2. The van der Waals surface area contributed by atoms with Gasteiger partial charge in [-0.1, -0.05) is 31.2 Å². The van der Waals surface area contributed by atoms with Gasteiger partial charge in [0.05, 0.1) is 0 Å². The molecule has 0 aromatic carbocycles. The van der Waals surface area contributed by atoms with E-state index in [1.165, 1.54) is 5.57 Å². The van der Waals surface area contributed by atoms with Crippen molar-refractivity contribution in [2.45, 2.75) is 20.3 Å². The summed E-state index contributed by atoms with van der Waals surface area (Å²) in [4.78, 5) is 4.69. The molecule has 0 rings (SSSR count). The third kappa shape index (κ3) is 8.90. The third-order valence-corrected chi connectivity index (χ3v) is 2.72. The van der Waals surface area contributed by atoms with Gasteiger partial charge in [-0.25, -0.2) is 0 Å². The fourth-order valence-corrected chi connectivity index (χ4v) is 1.50. The highest BCUT2D eigenvalue weighted by Gasteiger charge is 2.03. The molecule has 0 saturated carbocycles. The minimum absolute atomic E-state index is 0.946. The molecule has 0 saturated heterocycles. The van der Waals surface area contributed by atoms with Gasteiger partial charge in [0.25, 0.3) is 0 Å². The first kappa shape index (κ1) is 16.1. The van der Waals surface area contributed by atoms with E-state index in [4.69, 9.17) is 0 Å². The molecule has 0 aromatic heterocycles. The molecule has 0 spiro atoms. The Morgan fingerprint density at radius 1 is 1.24 bits per heavy atom. The quantitative estimate of drug-likeness (QED) is 0.448. The van der Waals surface area contributed by atoms with E-state index in [2.05, 4.69) is 62.5 Å². The van der Waals surface area contributed by atoms with E-state index >= 15 is 0 Å². The van der Waals surface area contributed by atoms with Crippen LogP contribution in [0, 0.1) is 0 Å². The van der Waals surface area contributed by atoms with Crippen LogP contribution in [0.3, 0.4) is 0 Å². The summed E-state index contributed by atoms with van der Waals surface area (Å²) in [6, 6.07) is 0. The maximum absolute atomic E-state index is 3.72. The van der Waals surface area contributed by atoms with E-state index in [1.807, 2.05) is 6.08 Å². The first-order chi connectivity index (χ1) is 8.13. The molecule has 0 fully saturated rings. The van der Waals surface area contributed by atoms with Crippen LogP contribution >= 0.6 is 0 Å². The Kier molecular flexibility index (Phi) is 9.78. The Hall–Kier alpha value is -0.860. The summed E-state index contributed by atoms with van der Waals surface area (Å²) in [7, 11) is 4.24. The van der Waals surface area contributed by atoms with Crippen molar-refractivity contribution >= 4 is 0 Å². The molecule has 0 aliphatic heterocycles. The zero-order chi connectivity index (χ0) is 13.1. The van der Waals surface area contributed by atoms with Crippen LogP contribution in [0.25, 0.3) is 0 Å². The van der Waals surface area contributed by atoms with Crippen LogP contribution in [0.15, 0.2) is 36.5 Å². The molecule has 2 nitrogen and oxygen atoms in total. The predicted molar refractivity (Wildman–Crippen MR) is 78.4 cm³/mol. The minimum atomic E-state index is 0.946. The highest BCUT2D eigenvalue weighted by molar-refractivity contribution is 5.20. The smallest absolute Gasteiger partial charge is 0.0230 e. The van der Waals surface area contributed by atoms with Crippen molar-refractivity contribution < 1.29 is 0 Å². The molecule has 17 heavy (non-hydrogen) atoms. The zero-order valence-corrected chi connectivity index (χ0v) is 11.9. The number of likely N-dealkylation sites (N-methyl/N-ethyl adjacent to an activating group) is 2. The highest BCUT2D eigenvalue weighted by Crippen LogP contribution is 2.02. The van der Waals surface area contributed by atoms with E-state index < -0.39 is 0 Å². The summed E-state index contributed by atoms with van der Waals surface area (Å²) in [5, 5.41) is 0. The highest BCUT2D eigenvalue weighted by atomic mass is 15.2. The lowest BCUT2D eigenvalue weighted by Gasteiger charge is -2.22. The number of rotatable bonds is 9. The Balaban J connectivity index is 4.17. The molecule has 0 aliphatic carbocycles. The van der Waals surface area contributed by atoms with Crippen LogP contribution in [0.4, 0.5) is 0 Å². The minimum Gasteiger partial charge on any atom is -0.308 e. The van der Waals surface area contributed by atoms with Crippen LogP contribution in [-0.2, 0) is 0 Å². The molecule has 0 heterocycles. The predicted octanol–water partition coefficient (Wildman–Crippen LogP) is 2.95. The Morgan fingerprint density at radius 2 is 1.94 bits per heavy atom. The zero-order valence-electron chi connectivity index (χ0n) is 11.9. The topological polar surface area (TPSA) is 6.48 Å². The fraction of sp³-hybridized carbons (Fsp3) is 0.600. The van der Waals surface area contributed by atoms with E-state index in [-0.39, 0.29) is 0 Å². The van der Waals surface area contributed by atoms with Gasteiger partial charge in [0.1, 0.15) is 0 Å². The van der Waals surface area contributed by atoms with Crippen molar-refractivity contribution in [2.75, 3.05) is 40.3 Å². The molecule has 0 N–H and O–H groups in total. The maximum Gasteiger partial charge on any atom is 0.0230 e. The Labute approximate surface area is 107 Å². The molecular weight excluding hydrogens is 208 g/mol. The second-order valence-corrected chi connectivity index (χ2v) is 4.46. The average Bonchev–Trinajstić information content (AvgIpc) is 2.32. The third-order valence-electron chi connectivity index (χ3n) is 2.72. The normalized spacial score (nSPS) is 12.9. The SMILES string of the molecule is C=CC/C=C\C(=C/C)CN(CC)CCN(C)C. The molecular formula is C15H28N2. The molecule has 0 amide bonds. The summed E-state index contributed by atoms with van der Waals surface area (Å²) in [5.74, 6) is 0. The lowest BCUT2D eigenvalue weighted by molar-refractivity contribution is 0.268. The van der Waals surface area contributed by atoms with Gasteiger partial charge in [-0.15, -0.1) is 6.58 Å². The van der Waals surface area contributed by atoms with Gasteiger partial charge in [0.15, 0.2) is 0 Å². The summed E-state index contributed by atoms with van der Waals surface area (Å²) in [6.45, 7) is 12.4. The standard InChI is InChI=1S/C15H28N2/c1-6-9-10-11-15(7-2)14-17(8-3)13-12-16(4)5/h6-7,10-11H,1,8-9,12-14H2,2-5H3/b11-10-,15-7+. The number of allylic oxidation sites excluding steroid dienone is 3. The van der Waals surface area contributed by atoms with Gasteiger partial charge in [-0.2, -0.15) is 0 Å². The second kappa shape index (κ2) is 10.3. The van der Waals surface area contributed by atoms with E-state index in [0.29, 0.717) is 0 Å². The molecule has 2 heteroatoms. The first-order valence-corrected chi connectivity index (χ1v) is 6.43. The average molecular weight is 236 g/mol. The van der Waals surface area contributed by atoms with Gasteiger partial charge in [0, 0.05) is 19.6 Å². The number of nitrogens with zero attached hydrogens (tertiary/aromatic N) is 2. The van der Waals surface area contributed by atoms with E-state index in [0.717, 1.165) is 32.6 Å². The maximum atomic E-state index is 3.72. The number of hydrogen-bond donors (Lipinski definition) is 0. The summed E-state index contributed by atoms with van der Waals surface area (Å²) >= 11 is 0. The monoisotopic (exact) mass is 236 g/mol. The Bertz CT molecular complexity index is 252. The van der Waals surface area contributed by atoms with Gasteiger partial charge >= 0.3 is 0 Å². The molecule has 0 bridgehead atoms. The molecule has 0 radical (unpaired) electrons. The summed E-state index contributed by atoms with van der Waals surface area (Å²) in [5.41, 5.74) is 1.38. The fourth-order valence-electron chi connectivity index (χ4n) is 1.50. The Morgan fingerprint density at radius 3 is 2.41 bits per heavy atom. The van der Waals surface area contributed by atoms with Gasteiger partial charge in [-0.05, 0) is 39.6 Å². The molecule has 0 unspecified atom stereocenters. The van der Waals surface area contributed by atoms with Crippen molar-refractivity contribution in [3.63, 3.8) is 0 Å². The summed E-state index contributed by atoms with van der Waals surface area (Å²) in [6.07, 6.45) is 9.44. The van der Waals surface area contributed by atoms with Crippen LogP contribution < -0.4 is 0 Å². The largest absolute Gasteiger partial charge is 0.308 e. The van der Waals surface area contributed by atoms with Crippen molar-refractivity contribution in [2.24, 2.45) is 0 Å². The van der Waals surface area contributed by atoms with E-state index in [1.54, 1.807) is 0 Å². The van der Waals surface area contributed by atoms with Crippen LogP contribution in [-0.4, -0.2) is 50.1 Å². The van der Waals surface area contributed by atoms with Gasteiger partial charge < -0.3 is 4.90 Å². The number of hydrogen-bond acceptors (Lipinski definition) is 2. The van der Waals surface area contributed by atoms with E-state index in [9.17, 15) is 0 Å². The van der Waals surface area contributed by atoms with Crippen LogP contribution in [0.2, 0.25) is 0 Å². The van der Waals surface area contributed by atoms with Crippen molar-refractivity contribution in [3.05, 3.63) is 36.5 Å². The van der Waals surface area contributed by atoms with Crippen molar-refractivity contribution in [1.29, 1.82) is 0 Å². The van der Waals surface area contributed by atoms with Crippen molar-refractivity contribution in [1.82, 2.24) is 9.80 Å². The van der Waals surface area contributed by atoms with Crippen LogP contribution in [0.1, 0.15) is 20.3 Å². The molecule has 0 atom stereocenters. The molecule has 0 aromatic rings. The van der Waals surface area contributed by atoms with Crippen LogP contribution in [0.5, 0.6) is 0 Å². The molecule has 0 aliphatic rings. The lowest BCUT2D eigenvalue weighted by Crippen LogP contribution is -2.32. The van der Waals surface area contributed by atoms with Gasteiger partial charge in [-0.3, -0.25) is 4.90 Å². The van der Waals surface area contributed by atoms with Crippen molar-refractivity contribution in [3.8, 4) is 0 Å². The summed E-state index contributed by atoms with van der Waals surface area (Å²) < 4.78 is 0. The molecule has 98 valence electrons. The van der Waals surface area contributed by atoms with Gasteiger partial charge in [0.2, 0.25) is 0 Å². The second-order valence-electron chi connectivity index (χ2n) is 4.46. The first-order valence-electron chi connectivity index (χ1n) is 6.43.